The van der Waals surface area contributed by atoms with Crippen molar-refractivity contribution in [2.24, 2.45) is 0 Å². The first-order valence-electron chi connectivity index (χ1n) is 8.71. The minimum absolute atomic E-state index is 0.334. The van der Waals surface area contributed by atoms with Gasteiger partial charge < -0.3 is 9.84 Å². The molecule has 0 amide bonds. The minimum Gasteiger partial charge on any atom is -0.508 e. The van der Waals surface area contributed by atoms with Gasteiger partial charge in [0, 0.05) is 11.1 Å². The normalized spacial score (nSPS) is 19.6. The van der Waals surface area contributed by atoms with Gasteiger partial charge >= 0.3 is 0 Å². The summed E-state index contributed by atoms with van der Waals surface area (Å²) in [5.74, 6) is 1.24. The Morgan fingerprint density at radius 1 is 1.25 bits per heavy atom. The molecule has 1 aliphatic heterocycles. The average Bonchev–Trinajstić information content (AvgIpc) is 2.45. The second-order valence-electron chi connectivity index (χ2n) is 7.50. The summed E-state index contributed by atoms with van der Waals surface area (Å²) < 4.78 is 6.42. The minimum atomic E-state index is -0.334. The highest BCUT2D eigenvalue weighted by atomic mass is 16.5. The van der Waals surface area contributed by atoms with E-state index in [1.807, 2.05) is 13.0 Å². The van der Waals surface area contributed by atoms with E-state index < -0.39 is 0 Å². The van der Waals surface area contributed by atoms with Crippen molar-refractivity contribution in [3.8, 4) is 11.5 Å². The SMILES string of the molecule is CC(C)=C/C=C/[C@@]1(C)CCc2c(O)cc(C)c(CC=C(C)C)c2O1. The summed E-state index contributed by atoms with van der Waals surface area (Å²) in [5.41, 5.74) is 5.44. The van der Waals surface area contributed by atoms with Crippen LogP contribution in [0.5, 0.6) is 11.5 Å². The molecular formula is C22H30O2. The lowest BCUT2D eigenvalue weighted by Gasteiger charge is -2.35. The van der Waals surface area contributed by atoms with E-state index in [4.69, 9.17) is 4.74 Å². The second-order valence-corrected chi connectivity index (χ2v) is 7.50. The zero-order chi connectivity index (χ0) is 17.9. The molecule has 0 bridgehead atoms. The van der Waals surface area contributed by atoms with Crippen molar-refractivity contribution in [2.75, 3.05) is 0 Å². The van der Waals surface area contributed by atoms with Crippen molar-refractivity contribution in [2.45, 2.75) is 66.4 Å². The maximum atomic E-state index is 10.3. The summed E-state index contributed by atoms with van der Waals surface area (Å²) in [5, 5.41) is 10.3. The molecule has 1 heterocycles. The molecule has 0 saturated heterocycles. The Morgan fingerprint density at radius 2 is 1.96 bits per heavy atom. The Hall–Kier alpha value is -1.96. The van der Waals surface area contributed by atoms with E-state index in [1.165, 1.54) is 16.7 Å². The fraction of sp³-hybridized carbons (Fsp3) is 0.455. The van der Waals surface area contributed by atoms with Gasteiger partial charge in [-0.25, -0.2) is 0 Å². The Labute approximate surface area is 146 Å². The van der Waals surface area contributed by atoms with Gasteiger partial charge in [-0.3, -0.25) is 0 Å². The molecule has 0 fully saturated rings. The van der Waals surface area contributed by atoms with Crippen LogP contribution in [0.25, 0.3) is 0 Å². The molecule has 2 rings (SSSR count). The van der Waals surface area contributed by atoms with E-state index in [0.717, 1.165) is 36.1 Å². The summed E-state index contributed by atoms with van der Waals surface area (Å²) in [6.45, 7) is 12.5. The van der Waals surface area contributed by atoms with Gasteiger partial charge in [-0.2, -0.15) is 0 Å². The summed E-state index contributed by atoms with van der Waals surface area (Å²) in [4.78, 5) is 0. The number of fused-ring (bicyclic) bond motifs is 1. The van der Waals surface area contributed by atoms with Gasteiger partial charge in [0.2, 0.25) is 0 Å². The molecule has 0 radical (unpaired) electrons. The number of hydrogen-bond donors (Lipinski definition) is 1. The third-order valence-corrected chi connectivity index (χ3v) is 4.49. The quantitative estimate of drug-likeness (QED) is 0.558. The highest BCUT2D eigenvalue weighted by Crippen LogP contribution is 2.43. The molecule has 0 aliphatic carbocycles. The van der Waals surface area contributed by atoms with E-state index in [-0.39, 0.29) is 5.60 Å². The summed E-state index contributed by atoms with van der Waals surface area (Å²) in [6.07, 6.45) is 11.1. The van der Waals surface area contributed by atoms with Crippen molar-refractivity contribution in [1.82, 2.24) is 0 Å². The van der Waals surface area contributed by atoms with Gasteiger partial charge in [0.05, 0.1) is 0 Å². The highest BCUT2D eigenvalue weighted by Gasteiger charge is 2.32. The predicted octanol–water partition coefficient (Wildman–Crippen LogP) is 5.82. The molecule has 2 heteroatoms. The van der Waals surface area contributed by atoms with Gasteiger partial charge in [0.25, 0.3) is 0 Å². The lowest BCUT2D eigenvalue weighted by molar-refractivity contribution is 0.112. The average molecular weight is 326 g/mol. The maximum Gasteiger partial charge on any atom is 0.131 e. The fourth-order valence-corrected chi connectivity index (χ4v) is 3.00. The van der Waals surface area contributed by atoms with Crippen LogP contribution in [0.3, 0.4) is 0 Å². The molecule has 1 aliphatic rings. The molecule has 0 saturated carbocycles. The van der Waals surface area contributed by atoms with Crippen LogP contribution < -0.4 is 4.74 Å². The zero-order valence-corrected chi connectivity index (χ0v) is 15.9. The zero-order valence-electron chi connectivity index (χ0n) is 15.9. The van der Waals surface area contributed by atoms with E-state index in [1.54, 1.807) is 0 Å². The summed E-state index contributed by atoms with van der Waals surface area (Å²) >= 11 is 0. The summed E-state index contributed by atoms with van der Waals surface area (Å²) in [6, 6.07) is 1.87. The number of aryl methyl sites for hydroxylation is 1. The number of aromatic hydroxyl groups is 1. The number of rotatable bonds is 4. The van der Waals surface area contributed by atoms with Crippen LogP contribution in [-0.2, 0) is 12.8 Å². The Balaban J connectivity index is 2.42. The molecule has 1 aromatic carbocycles. The number of phenolic OH excluding ortho intramolecular Hbond substituents is 1. The Bertz CT molecular complexity index is 699. The molecule has 2 nitrogen and oxygen atoms in total. The first-order valence-corrected chi connectivity index (χ1v) is 8.71. The van der Waals surface area contributed by atoms with Crippen molar-refractivity contribution in [3.05, 3.63) is 58.2 Å². The molecular weight excluding hydrogens is 296 g/mol. The molecule has 1 N–H and O–H groups in total. The van der Waals surface area contributed by atoms with Crippen LogP contribution in [0.1, 0.15) is 57.7 Å². The Kier molecular flexibility index (Phi) is 5.58. The molecule has 0 aromatic heterocycles. The number of phenols is 1. The van der Waals surface area contributed by atoms with E-state index in [9.17, 15) is 5.11 Å². The Morgan fingerprint density at radius 3 is 2.58 bits per heavy atom. The monoisotopic (exact) mass is 326 g/mol. The third-order valence-electron chi connectivity index (χ3n) is 4.49. The molecule has 1 atom stereocenters. The summed E-state index contributed by atoms with van der Waals surface area (Å²) in [7, 11) is 0. The molecule has 24 heavy (non-hydrogen) atoms. The van der Waals surface area contributed by atoms with Gasteiger partial charge in [-0.05, 0) is 78.5 Å². The first kappa shape index (κ1) is 18.4. The third kappa shape index (κ3) is 4.31. The predicted molar refractivity (Wildman–Crippen MR) is 102 cm³/mol. The molecule has 130 valence electrons. The molecule has 0 unspecified atom stereocenters. The second kappa shape index (κ2) is 7.29. The van der Waals surface area contributed by atoms with Gasteiger partial charge in [0.15, 0.2) is 0 Å². The molecule has 0 spiro atoms. The van der Waals surface area contributed by atoms with Crippen molar-refractivity contribution in [3.63, 3.8) is 0 Å². The van der Waals surface area contributed by atoms with Gasteiger partial charge in [-0.1, -0.05) is 29.4 Å². The van der Waals surface area contributed by atoms with Crippen LogP contribution in [0.15, 0.2) is 41.5 Å². The highest BCUT2D eigenvalue weighted by molar-refractivity contribution is 5.55. The number of benzene rings is 1. The topological polar surface area (TPSA) is 29.5 Å². The van der Waals surface area contributed by atoms with Gasteiger partial charge in [0.1, 0.15) is 17.1 Å². The fourth-order valence-electron chi connectivity index (χ4n) is 3.00. The van der Waals surface area contributed by atoms with Crippen LogP contribution in [0, 0.1) is 6.92 Å². The van der Waals surface area contributed by atoms with E-state index >= 15 is 0 Å². The largest absolute Gasteiger partial charge is 0.508 e. The lowest BCUT2D eigenvalue weighted by Crippen LogP contribution is -2.34. The smallest absolute Gasteiger partial charge is 0.131 e. The van der Waals surface area contributed by atoms with Crippen LogP contribution in [-0.4, -0.2) is 10.7 Å². The van der Waals surface area contributed by atoms with Gasteiger partial charge in [-0.15, -0.1) is 0 Å². The van der Waals surface area contributed by atoms with E-state index in [2.05, 4.69) is 58.9 Å². The van der Waals surface area contributed by atoms with Crippen LogP contribution in [0.2, 0.25) is 0 Å². The van der Waals surface area contributed by atoms with Crippen molar-refractivity contribution >= 4 is 0 Å². The van der Waals surface area contributed by atoms with Crippen LogP contribution in [0.4, 0.5) is 0 Å². The van der Waals surface area contributed by atoms with Crippen molar-refractivity contribution in [1.29, 1.82) is 0 Å². The molecule has 1 aromatic rings. The van der Waals surface area contributed by atoms with Crippen LogP contribution >= 0.6 is 0 Å². The first-order chi connectivity index (χ1) is 11.2. The standard InChI is InChI=1S/C22H30O2/c1-15(2)8-7-12-22(6)13-11-19-20(23)14-17(5)18(21(19)24-22)10-9-16(3)4/h7-9,12,14,23H,10-11,13H2,1-6H3/b12-7+/t22-/m0/s1. The number of allylic oxidation sites excluding steroid dienone is 5. The number of hydrogen-bond acceptors (Lipinski definition) is 2. The van der Waals surface area contributed by atoms with Crippen molar-refractivity contribution < 1.29 is 9.84 Å². The maximum absolute atomic E-state index is 10.3. The number of ether oxygens (including phenoxy) is 1. The lowest BCUT2D eigenvalue weighted by atomic mass is 9.88. The van der Waals surface area contributed by atoms with E-state index in [0.29, 0.717) is 5.75 Å².